The molecule has 1 aliphatic heterocycles. The summed E-state index contributed by atoms with van der Waals surface area (Å²) in [5.74, 6) is 1.72. The third-order valence-corrected chi connectivity index (χ3v) is 5.35. The summed E-state index contributed by atoms with van der Waals surface area (Å²) in [4.78, 5) is 28.4. The molecule has 0 spiro atoms. The maximum Gasteiger partial charge on any atom is 0.227 e. The van der Waals surface area contributed by atoms with Crippen LogP contribution < -0.4 is 19.1 Å². The van der Waals surface area contributed by atoms with Gasteiger partial charge >= 0.3 is 0 Å². The number of hydrogen-bond acceptors (Lipinski definition) is 6. The highest BCUT2D eigenvalue weighted by Gasteiger charge is 2.23. The van der Waals surface area contributed by atoms with Crippen molar-refractivity contribution in [2.24, 2.45) is 0 Å². The molecule has 0 bridgehead atoms. The second-order valence-corrected chi connectivity index (χ2v) is 7.18. The second kappa shape index (κ2) is 9.52. The first-order valence-corrected chi connectivity index (χ1v) is 9.89. The van der Waals surface area contributed by atoms with E-state index in [1.54, 1.807) is 28.3 Å². The van der Waals surface area contributed by atoms with Crippen LogP contribution >= 0.6 is 0 Å². The van der Waals surface area contributed by atoms with Crippen molar-refractivity contribution in [2.75, 3.05) is 52.4 Å². The van der Waals surface area contributed by atoms with Crippen molar-refractivity contribution in [1.82, 2.24) is 4.90 Å². The average molecular weight is 412 g/mol. The Morgan fingerprint density at radius 1 is 0.867 bits per heavy atom. The van der Waals surface area contributed by atoms with Crippen molar-refractivity contribution in [1.29, 1.82) is 0 Å². The molecule has 1 amide bonds. The molecule has 0 radical (unpaired) electrons. The lowest BCUT2D eigenvalue weighted by Gasteiger charge is -2.36. The summed E-state index contributed by atoms with van der Waals surface area (Å²) in [6.45, 7) is 4.36. The molecule has 1 saturated heterocycles. The highest BCUT2D eigenvalue weighted by molar-refractivity contribution is 5.94. The van der Waals surface area contributed by atoms with Gasteiger partial charge in [-0.05, 0) is 48.9 Å². The van der Waals surface area contributed by atoms with Crippen LogP contribution in [0.4, 0.5) is 5.69 Å². The molecular weight excluding hydrogens is 384 g/mol. The first-order valence-electron chi connectivity index (χ1n) is 9.89. The number of carbonyl (C=O) groups is 2. The van der Waals surface area contributed by atoms with Gasteiger partial charge in [-0.2, -0.15) is 0 Å². The van der Waals surface area contributed by atoms with Crippen LogP contribution in [0.5, 0.6) is 17.2 Å². The smallest absolute Gasteiger partial charge is 0.227 e. The van der Waals surface area contributed by atoms with E-state index in [0.29, 0.717) is 35.9 Å². The van der Waals surface area contributed by atoms with Gasteiger partial charge in [0.15, 0.2) is 17.3 Å². The molecule has 7 heteroatoms. The molecule has 0 atom stereocenters. The van der Waals surface area contributed by atoms with E-state index in [1.165, 1.54) is 0 Å². The van der Waals surface area contributed by atoms with E-state index < -0.39 is 0 Å². The summed E-state index contributed by atoms with van der Waals surface area (Å²) in [5.41, 5.74) is 2.59. The molecule has 7 nitrogen and oxygen atoms in total. The van der Waals surface area contributed by atoms with E-state index in [0.717, 1.165) is 24.3 Å². The SMILES string of the molecule is COc1cc(CC(=O)N2CCN(c3ccc(C(C)=O)cc3)CC2)cc(OC)c1OC. The van der Waals surface area contributed by atoms with Crippen LogP contribution in [0.2, 0.25) is 0 Å². The molecule has 30 heavy (non-hydrogen) atoms. The normalized spacial score (nSPS) is 13.7. The standard InChI is InChI=1S/C23H28N2O5/c1-16(26)18-5-7-19(8-6-18)24-9-11-25(12-10-24)22(27)15-17-13-20(28-2)23(30-4)21(14-17)29-3/h5-8,13-14H,9-12,15H2,1-4H3. The number of amides is 1. The minimum Gasteiger partial charge on any atom is -0.493 e. The fraction of sp³-hybridized carbons (Fsp3) is 0.391. The molecule has 1 fully saturated rings. The van der Waals surface area contributed by atoms with Crippen molar-refractivity contribution in [3.63, 3.8) is 0 Å². The zero-order valence-corrected chi connectivity index (χ0v) is 17.9. The summed E-state index contributed by atoms with van der Waals surface area (Å²) < 4.78 is 16.1. The third kappa shape index (κ3) is 4.67. The van der Waals surface area contributed by atoms with Crippen LogP contribution in [-0.2, 0) is 11.2 Å². The highest BCUT2D eigenvalue weighted by Crippen LogP contribution is 2.38. The van der Waals surface area contributed by atoms with Gasteiger partial charge in [-0.1, -0.05) is 0 Å². The number of rotatable bonds is 7. The topological polar surface area (TPSA) is 68.3 Å². The minimum absolute atomic E-state index is 0.0590. The number of hydrogen-bond donors (Lipinski definition) is 0. The van der Waals surface area contributed by atoms with Gasteiger partial charge in [0.25, 0.3) is 0 Å². The van der Waals surface area contributed by atoms with Crippen LogP contribution in [0, 0.1) is 0 Å². The van der Waals surface area contributed by atoms with Gasteiger partial charge in [0.2, 0.25) is 11.7 Å². The van der Waals surface area contributed by atoms with E-state index in [2.05, 4.69) is 4.90 Å². The predicted octanol–water partition coefficient (Wildman–Crippen LogP) is 2.81. The number of ketones is 1. The number of piperazine rings is 1. The van der Waals surface area contributed by atoms with Crippen molar-refractivity contribution >= 4 is 17.4 Å². The molecule has 3 rings (SSSR count). The number of anilines is 1. The number of ether oxygens (including phenoxy) is 3. The van der Waals surface area contributed by atoms with Gasteiger partial charge in [0.05, 0.1) is 27.8 Å². The van der Waals surface area contributed by atoms with Crippen LogP contribution in [-0.4, -0.2) is 64.1 Å². The molecule has 0 N–H and O–H groups in total. The van der Waals surface area contributed by atoms with Gasteiger partial charge in [-0.25, -0.2) is 0 Å². The Balaban J connectivity index is 1.62. The lowest BCUT2D eigenvalue weighted by atomic mass is 10.1. The number of Topliss-reactive ketones (excluding diaryl/α,β-unsaturated/α-hetero) is 1. The Bertz CT molecular complexity index is 877. The van der Waals surface area contributed by atoms with Crippen LogP contribution in [0.3, 0.4) is 0 Å². The fourth-order valence-electron chi connectivity index (χ4n) is 3.64. The van der Waals surface area contributed by atoms with Crippen molar-refractivity contribution in [3.05, 3.63) is 47.5 Å². The van der Waals surface area contributed by atoms with Crippen LogP contribution in [0.1, 0.15) is 22.8 Å². The Morgan fingerprint density at radius 2 is 1.43 bits per heavy atom. The van der Waals surface area contributed by atoms with E-state index >= 15 is 0 Å². The maximum atomic E-state index is 12.8. The number of nitrogens with zero attached hydrogens (tertiary/aromatic N) is 2. The first-order chi connectivity index (χ1) is 14.5. The predicted molar refractivity (Wildman–Crippen MR) is 115 cm³/mol. The number of carbonyl (C=O) groups excluding carboxylic acids is 2. The first kappa shape index (κ1) is 21.5. The second-order valence-electron chi connectivity index (χ2n) is 7.18. The Kier molecular flexibility index (Phi) is 6.82. The molecule has 160 valence electrons. The number of methoxy groups -OCH3 is 3. The molecule has 2 aromatic rings. The summed E-state index contributed by atoms with van der Waals surface area (Å²) in [5, 5.41) is 0. The number of benzene rings is 2. The molecule has 1 aliphatic rings. The molecule has 2 aromatic carbocycles. The summed E-state index contributed by atoms with van der Waals surface area (Å²) >= 11 is 0. The highest BCUT2D eigenvalue weighted by atomic mass is 16.5. The maximum absolute atomic E-state index is 12.8. The quantitative estimate of drug-likeness (QED) is 0.652. The monoisotopic (exact) mass is 412 g/mol. The van der Waals surface area contributed by atoms with Crippen LogP contribution in [0.15, 0.2) is 36.4 Å². The largest absolute Gasteiger partial charge is 0.493 e. The molecule has 0 aromatic heterocycles. The van der Waals surface area contributed by atoms with Crippen LogP contribution in [0.25, 0.3) is 0 Å². The average Bonchev–Trinajstić information content (AvgIpc) is 2.78. The van der Waals surface area contributed by atoms with Crippen molar-refractivity contribution in [2.45, 2.75) is 13.3 Å². The lowest BCUT2D eigenvalue weighted by molar-refractivity contribution is -0.130. The Labute approximate surface area is 177 Å². The van der Waals surface area contributed by atoms with Gasteiger partial charge in [-0.3, -0.25) is 9.59 Å². The molecule has 1 heterocycles. The van der Waals surface area contributed by atoms with Gasteiger partial charge in [-0.15, -0.1) is 0 Å². The summed E-state index contributed by atoms with van der Waals surface area (Å²) in [7, 11) is 4.68. The minimum atomic E-state index is 0.0590. The Morgan fingerprint density at radius 3 is 1.90 bits per heavy atom. The van der Waals surface area contributed by atoms with E-state index in [4.69, 9.17) is 14.2 Å². The summed E-state index contributed by atoms with van der Waals surface area (Å²) in [6, 6.07) is 11.2. The Hall–Kier alpha value is -3.22. The summed E-state index contributed by atoms with van der Waals surface area (Å²) in [6.07, 6.45) is 0.268. The zero-order valence-electron chi connectivity index (χ0n) is 17.9. The van der Waals surface area contributed by atoms with E-state index in [-0.39, 0.29) is 18.1 Å². The van der Waals surface area contributed by atoms with Crippen molar-refractivity contribution in [3.8, 4) is 17.2 Å². The fourth-order valence-corrected chi connectivity index (χ4v) is 3.64. The van der Waals surface area contributed by atoms with Crippen molar-refractivity contribution < 1.29 is 23.8 Å². The molecular formula is C23H28N2O5. The lowest BCUT2D eigenvalue weighted by Crippen LogP contribution is -2.49. The molecule has 0 saturated carbocycles. The molecule has 0 unspecified atom stereocenters. The van der Waals surface area contributed by atoms with Gasteiger partial charge in [0.1, 0.15) is 0 Å². The third-order valence-electron chi connectivity index (χ3n) is 5.35. The van der Waals surface area contributed by atoms with Gasteiger partial charge in [0, 0.05) is 37.4 Å². The van der Waals surface area contributed by atoms with Gasteiger partial charge < -0.3 is 24.0 Å². The van der Waals surface area contributed by atoms with E-state index in [9.17, 15) is 9.59 Å². The molecule has 0 aliphatic carbocycles. The zero-order chi connectivity index (χ0) is 21.7. The van der Waals surface area contributed by atoms with E-state index in [1.807, 2.05) is 41.3 Å².